The summed E-state index contributed by atoms with van der Waals surface area (Å²) in [6, 6.07) is 0. The largest absolute Gasteiger partial charge is 0.465 e. The average Bonchev–Trinajstić information content (AvgIpc) is 2.64. The maximum Gasteiger partial charge on any atom is 0.311 e. The maximum absolute atomic E-state index is 12.5. The number of esters is 3. The fourth-order valence-electron chi connectivity index (χ4n) is 2.45. The Hall–Kier alpha value is -1.63. The zero-order valence-electron chi connectivity index (χ0n) is 17.4. The lowest BCUT2D eigenvalue weighted by molar-refractivity contribution is -0.163. The van der Waals surface area contributed by atoms with Gasteiger partial charge in [-0.25, -0.2) is 0 Å². The number of aliphatic hydroxyl groups is 1. The summed E-state index contributed by atoms with van der Waals surface area (Å²) in [6.07, 6.45) is 2.41. The maximum atomic E-state index is 12.5. The van der Waals surface area contributed by atoms with E-state index in [2.05, 4.69) is 0 Å². The van der Waals surface area contributed by atoms with Crippen LogP contribution in [0.2, 0.25) is 0 Å². The van der Waals surface area contributed by atoms with E-state index < -0.39 is 29.4 Å². The third kappa shape index (κ3) is 10.3. The van der Waals surface area contributed by atoms with Crippen molar-refractivity contribution in [1.29, 1.82) is 0 Å². The third-order valence-corrected chi connectivity index (χ3v) is 4.47. The summed E-state index contributed by atoms with van der Waals surface area (Å²) >= 11 is 0. The lowest BCUT2D eigenvalue weighted by Gasteiger charge is -2.28. The molecule has 0 aromatic rings. The molecule has 0 saturated carbocycles. The van der Waals surface area contributed by atoms with Crippen molar-refractivity contribution in [1.82, 2.24) is 0 Å². The summed E-state index contributed by atoms with van der Waals surface area (Å²) in [5, 5.41) is 9.82. The van der Waals surface area contributed by atoms with Gasteiger partial charge in [-0.05, 0) is 32.6 Å². The van der Waals surface area contributed by atoms with E-state index in [9.17, 15) is 19.5 Å². The molecule has 0 heterocycles. The SMILES string of the molecule is CCCCOC(=O)C(C)CC(C)(CC)C(=O)OCC(O)COC(=O)CCC. The Bertz CT molecular complexity index is 463. The van der Waals surface area contributed by atoms with Gasteiger partial charge in [0.15, 0.2) is 0 Å². The molecule has 7 nitrogen and oxygen atoms in total. The summed E-state index contributed by atoms with van der Waals surface area (Å²) in [5.41, 5.74) is -0.859. The molecule has 0 amide bonds. The zero-order valence-corrected chi connectivity index (χ0v) is 17.4. The van der Waals surface area contributed by atoms with Crippen LogP contribution in [0.15, 0.2) is 0 Å². The normalized spacial score (nSPS) is 15.3. The first-order valence-electron chi connectivity index (χ1n) is 9.87. The van der Waals surface area contributed by atoms with Crippen molar-refractivity contribution in [2.45, 2.75) is 79.2 Å². The molecule has 0 aliphatic heterocycles. The predicted octanol–water partition coefficient (Wildman–Crippen LogP) is 3.02. The first-order chi connectivity index (χ1) is 12.7. The second kappa shape index (κ2) is 13.5. The molecule has 0 fully saturated rings. The lowest BCUT2D eigenvalue weighted by Crippen LogP contribution is -2.35. The monoisotopic (exact) mass is 388 g/mol. The highest BCUT2D eigenvalue weighted by atomic mass is 16.6. The van der Waals surface area contributed by atoms with Gasteiger partial charge in [0, 0.05) is 6.42 Å². The van der Waals surface area contributed by atoms with Crippen molar-refractivity contribution < 1.29 is 33.7 Å². The van der Waals surface area contributed by atoms with Gasteiger partial charge < -0.3 is 19.3 Å². The fourth-order valence-corrected chi connectivity index (χ4v) is 2.45. The molecule has 0 saturated heterocycles. The molecule has 0 bridgehead atoms. The molecule has 0 spiro atoms. The number of carbonyl (C=O) groups is 3. The second-order valence-corrected chi connectivity index (χ2v) is 7.23. The molecule has 0 aliphatic carbocycles. The van der Waals surface area contributed by atoms with E-state index in [1.807, 2.05) is 20.8 Å². The average molecular weight is 389 g/mol. The first-order valence-corrected chi connectivity index (χ1v) is 9.87. The summed E-state index contributed by atoms with van der Waals surface area (Å²) in [6.45, 7) is 9.09. The van der Waals surface area contributed by atoms with Crippen LogP contribution in [-0.4, -0.2) is 48.9 Å². The van der Waals surface area contributed by atoms with Crippen LogP contribution < -0.4 is 0 Å². The first kappa shape index (κ1) is 25.4. The van der Waals surface area contributed by atoms with E-state index in [-0.39, 0.29) is 25.6 Å². The van der Waals surface area contributed by atoms with Crippen molar-refractivity contribution in [3.05, 3.63) is 0 Å². The molecule has 0 aliphatic rings. The van der Waals surface area contributed by atoms with Gasteiger partial charge in [-0.2, -0.15) is 0 Å². The predicted molar refractivity (Wildman–Crippen MR) is 101 cm³/mol. The number of unbranched alkanes of at least 4 members (excludes halogenated alkanes) is 1. The van der Waals surface area contributed by atoms with E-state index in [4.69, 9.17) is 14.2 Å². The molecule has 3 atom stereocenters. The van der Waals surface area contributed by atoms with Crippen molar-refractivity contribution in [3.8, 4) is 0 Å². The third-order valence-electron chi connectivity index (χ3n) is 4.47. The van der Waals surface area contributed by atoms with Gasteiger partial charge in [-0.1, -0.05) is 34.1 Å². The molecular weight excluding hydrogens is 352 g/mol. The van der Waals surface area contributed by atoms with Gasteiger partial charge in [0.05, 0.1) is 17.9 Å². The van der Waals surface area contributed by atoms with Crippen molar-refractivity contribution in [2.75, 3.05) is 19.8 Å². The van der Waals surface area contributed by atoms with Crippen LogP contribution in [0.1, 0.15) is 73.1 Å². The van der Waals surface area contributed by atoms with Crippen LogP contribution in [0.25, 0.3) is 0 Å². The van der Waals surface area contributed by atoms with Crippen LogP contribution in [-0.2, 0) is 28.6 Å². The highest BCUT2D eigenvalue weighted by Gasteiger charge is 2.37. The molecular formula is C20H36O7. The van der Waals surface area contributed by atoms with Crippen molar-refractivity contribution >= 4 is 17.9 Å². The number of aliphatic hydroxyl groups excluding tert-OH is 1. The van der Waals surface area contributed by atoms with Gasteiger partial charge in [0.2, 0.25) is 0 Å². The van der Waals surface area contributed by atoms with E-state index in [0.717, 1.165) is 12.8 Å². The van der Waals surface area contributed by atoms with E-state index in [1.54, 1.807) is 13.8 Å². The molecule has 0 aromatic carbocycles. The zero-order chi connectivity index (χ0) is 20.9. The van der Waals surface area contributed by atoms with E-state index in [0.29, 0.717) is 25.9 Å². The smallest absolute Gasteiger partial charge is 0.311 e. The molecule has 3 unspecified atom stereocenters. The molecule has 0 rings (SSSR count). The summed E-state index contributed by atoms with van der Waals surface area (Å²) < 4.78 is 15.3. The minimum absolute atomic E-state index is 0.213. The van der Waals surface area contributed by atoms with Crippen LogP contribution in [0, 0.1) is 11.3 Å². The van der Waals surface area contributed by atoms with Gasteiger partial charge in [0.25, 0.3) is 0 Å². The van der Waals surface area contributed by atoms with Crippen LogP contribution in [0.4, 0.5) is 0 Å². The van der Waals surface area contributed by atoms with E-state index >= 15 is 0 Å². The summed E-state index contributed by atoms with van der Waals surface area (Å²) in [4.78, 5) is 35.8. The minimum Gasteiger partial charge on any atom is -0.465 e. The topological polar surface area (TPSA) is 99.1 Å². The Balaban J connectivity index is 4.47. The Morgan fingerprint density at radius 3 is 2.19 bits per heavy atom. The van der Waals surface area contributed by atoms with Gasteiger partial charge in [0.1, 0.15) is 19.3 Å². The Morgan fingerprint density at radius 1 is 1.00 bits per heavy atom. The number of ether oxygens (including phenoxy) is 3. The lowest BCUT2D eigenvalue weighted by atomic mass is 9.79. The van der Waals surface area contributed by atoms with Gasteiger partial charge in [-0.15, -0.1) is 0 Å². The molecule has 0 radical (unpaired) electrons. The summed E-state index contributed by atoms with van der Waals surface area (Å²) in [5.74, 6) is -1.63. The van der Waals surface area contributed by atoms with Crippen molar-refractivity contribution in [3.63, 3.8) is 0 Å². The summed E-state index contributed by atoms with van der Waals surface area (Å²) in [7, 11) is 0. The Kier molecular flexibility index (Phi) is 12.7. The number of hydrogen-bond acceptors (Lipinski definition) is 7. The molecule has 27 heavy (non-hydrogen) atoms. The Labute approximate surface area is 162 Å². The fraction of sp³-hybridized carbons (Fsp3) is 0.850. The number of hydrogen-bond donors (Lipinski definition) is 1. The van der Waals surface area contributed by atoms with Gasteiger partial charge >= 0.3 is 17.9 Å². The van der Waals surface area contributed by atoms with Crippen LogP contribution in [0.3, 0.4) is 0 Å². The molecule has 158 valence electrons. The Morgan fingerprint density at radius 2 is 1.63 bits per heavy atom. The standard InChI is InChI=1S/C20H36O7/c1-6-9-11-25-18(23)15(4)12-20(5,8-3)19(24)27-14-16(21)13-26-17(22)10-7-2/h15-16,21H,6-14H2,1-5H3. The number of rotatable bonds is 14. The highest BCUT2D eigenvalue weighted by molar-refractivity contribution is 5.78. The van der Waals surface area contributed by atoms with E-state index in [1.165, 1.54) is 0 Å². The van der Waals surface area contributed by atoms with Crippen molar-refractivity contribution in [2.24, 2.45) is 11.3 Å². The second-order valence-electron chi connectivity index (χ2n) is 7.23. The minimum atomic E-state index is -1.08. The van der Waals surface area contributed by atoms with Gasteiger partial charge in [-0.3, -0.25) is 14.4 Å². The highest BCUT2D eigenvalue weighted by Crippen LogP contribution is 2.32. The van der Waals surface area contributed by atoms with Crippen LogP contribution >= 0.6 is 0 Å². The quantitative estimate of drug-likeness (QED) is 0.277. The molecule has 7 heteroatoms. The number of carbonyl (C=O) groups excluding carboxylic acids is 3. The van der Waals surface area contributed by atoms with Crippen LogP contribution in [0.5, 0.6) is 0 Å². The molecule has 1 N–H and O–H groups in total. The molecule has 0 aromatic heterocycles.